The number of hydrogen-bond acceptors (Lipinski definition) is 4. The van der Waals surface area contributed by atoms with Gasteiger partial charge in [-0.2, -0.15) is 0 Å². The molecule has 0 aromatic heterocycles. The fraction of sp³-hybridized carbons (Fsp3) is 0.800. The van der Waals surface area contributed by atoms with Crippen LogP contribution in [0.25, 0.3) is 0 Å². The first-order valence-corrected chi connectivity index (χ1v) is 4.59. The van der Waals surface area contributed by atoms with Gasteiger partial charge in [-0.1, -0.05) is 40.5 Å². The van der Waals surface area contributed by atoms with Crippen molar-refractivity contribution in [3.63, 3.8) is 0 Å². The van der Waals surface area contributed by atoms with Gasteiger partial charge in [-0.05, 0) is 11.8 Å². The zero-order valence-corrected chi connectivity index (χ0v) is 9.39. The summed E-state index contributed by atoms with van der Waals surface area (Å²) < 4.78 is 0. The van der Waals surface area contributed by atoms with Crippen molar-refractivity contribution in [1.29, 1.82) is 10.8 Å². The molecule has 1 atom stereocenters. The highest BCUT2D eigenvalue weighted by Crippen LogP contribution is 2.14. The van der Waals surface area contributed by atoms with E-state index in [-0.39, 0.29) is 0 Å². The van der Waals surface area contributed by atoms with Gasteiger partial charge in [0.05, 0.1) is 0 Å². The molecule has 0 bridgehead atoms. The molecule has 0 rings (SSSR count). The van der Waals surface area contributed by atoms with E-state index in [4.69, 9.17) is 20.4 Å². The van der Waals surface area contributed by atoms with E-state index >= 15 is 0 Å². The molecule has 82 valence electrons. The van der Waals surface area contributed by atoms with Gasteiger partial charge in [0.15, 0.2) is 0 Å². The van der Waals surface area contributed by atoms with Crippen molar-refractivity contribution in [2.24, 2.45) is 11.8 Å². The van der Waals surface area contributed by atoms with Crippen LogP contribution in [0.2, 0.25) is 0 Å². The number of isocyanates is 2. The molecule has 4 nitrogen and oxygen atoms in total. The minimum Gasteiger partial charge on any atom is -0.222 e. The zero-order valence-electron chi connectivity index (χ0n) is 9.39. The van der Waals surface area contributed by atoms with Crippen molar-refractivity contribution < 1.29 is 9.59 Å². The highest BCUT2D eigenvalue weighted by molar-refractivity contribution is 5.26. The van der Waals surface area contributed by atoms with Gasteiger partial charge in [-0.3, -0.25) is 0 Å². The molecule has 0 aliphatic rings. The largest absolute Gasteiger partial charge is 0.231 e. The Hall–Kier alpha value is -1.24. The highest BCUT2D eigenvalue weighted by atomic mass is 16.1. The minimum atomic E-state index is 0.750. The van der Waals surface area contributed by atoms with E-state index in [1.807, 2.05) is 0 Å². The molecule has 0 radical (unpaired) electrons. The van der Waals surface area contributed by atoms with Gasteiger partial charge in [0.25, 0.3) is 0 Å². The highest BCUT2D eigenvalue weighted by Gasteiger charge is 2.03. The van der Waals surface area contributed by atoms with Crippen molar-refractivity contribution in [3.8, 4) is 0 Å². The summed E-state index contributed by atoms with van der Waals surface area (Å²) in [6.45, 7) is 9.16. The molecule has 0 amide bonds. The second-order valence-electron chi connectivity index (χ2n) is 3.21. The van der Waals surface area contributed by atoms with Crippen LogP contribution in [0.1, 0.15) is 40.5 Å². The Morgan fingerprint density at radius 1 is 1.07 bits per heavy atom. The number of rotatable bonds is 3. The van der Waals surface area contributed by atoms with Gasteiger partial charge in [-0.15, -0.1) is 0 Å². The average Bonchev–Trinajstić information content (AvgIpc) is 2.07. The summed E-state index contributed by atoms with van der Waals surface area (Å²) in [6, 6.07) is 0. The lowest BCUT2D eigenvalue weighted by Gasteiger charge is -2.12. The fourth-order valence-electron chi connectivity index (χ4n) is 0.789. The molecular formula is C10H20N2O2. The maximum atomic E-state index is 8.35. The van der Waals surface area contributed by atoms with Crippen LogP contribution in [0.3, 0.4) is 0 Å². The van der Waals surface area contributed by atoms with Crippen LogP contribution in [0.4, 0.5) is 0 Å². The van der Waals surface area contributed by atoms with Crippen molar-refractivity contribution in [2.45, 2.75) is 40.5 Å². The quantitative estimate of drug-likeness (QED) is 0.542. The normalized spacial score (nSPS) is 9.50. The van der Waals surface area contributed by atoms with Gasteiger partial charge in [0.2, 0.25) is 12.2 Å². The van der Waals surface area contributed by atoms with Gasteiger partial charge < -0.3 is 0 Å². The van der Waals surface area contributed by atoms with Crippen LogP contribution in [-0.2, 0) is 9.59 Å². The van der Waals surface area contributed by atoms with Crippen molar-refractivity contribution in [1.82, 2.24) is 0 Å². The molecule has 0 saturated carbocycles. The van der Waals surface area contributed by atoms with E-state index in [2.05, 4.69) is 27.7 Å². The summed E-state index contributed by atoms with van der Waals surface area (Å²) in [5.41, 5.74) is 0. The molecule has 4 heteroatoms. The molecular weight excluding hydrogens is 180 g/mol. The Bertz CT molecular complexity index is 155. The van der Waals surface area contributed by atoms with Crippen LogP contribution in [0.5, 0.6) is 0 Å². The number of hydrogen-bond donors (Lipinski definition) is 2. The Morgan fingerprint density at radius 2 is 1.36 bits per heavy atom. The Balaban J connectivity index is -0.000000168. The van der Waals surface area contributed by atoms with Crippen LogP contribution in [0.15, 0.2) is 0 Å². The van der Waals surface area contributed by atoms with Crippen LogP contribution in [-0.4, -0.2) is 12.2 Å². The van der Waals surface area contributed by atoms with Crippen LogP contribution < -0.4 is 0 Å². The standard InChI is InChI=1S/C8H18.2CHNO/c1-5-6-8(4)7(2)3;2*2-1-3/h7-8H,5-6H2,1-4H3;2*2H. The number of carbonyl (C=O) groups excluding carboxylic acids is 2. The molecule has 0 aliphatic heterocycles. The van der Waals surface area contributed by atoms with E-state index in [0.29, 0.717) is 0 Å². The molecule has 0 aromatic rings. The van der Waals surface area contributed by atoms with E-state index in [1.54, 1.807) is 0 Å². The van der Waals surface area contributed by atoms with Crippen LogP contribution in [0, 0.1) is 22.7 Å². The molecule has 0 saturated heterocycles. The van der Waals surface area contributed by atoms with Crippen molar-refractivity contribution in [2.75, 3.05) is 0 Å². The van der Waals surface area contributed by atoms with Gasteiger partial charge in [0.1, 0.15) is 0 Å². The molecule has 0 fully saturated rings. The summed E-state index contributed by atoms with van der Waals surface area (Å²) in [4.78, 5) is 16.7. The maximum absolute atomic E-state index is 8.35. The summed E-state index contributed by atoms with van der Waals surface area (Å²) >= 11 is 0. The van der Waals surface area contributed by atoms with E-state index < -0.39 is 0 Å². The van der Waals surface area contributed by atoms with E-state index in [1.165, 1.54) is 12.8 Å². The summed E-state index contributed by atoms with van der Waals surface area (Å²) in [5.74, 6) is 1.79. The van der Waals surface area contributed by atoms with E-state index in [9.17, 15) is 0 Å². The summed E-state index contributed by atoms with van der Waals surface area (Å²) in [7, 11) is 0. The molecule has 2 N–H and O–H groups in total. The van der Waals surface area contributed by atoms with Crippen molar-refractivity contribution >= 4 is 12.2 Å². The monoisotopic (exact) mass is 200 g/mol. The van der Waals surface area contributed by atoms with Crippen molar-refractivity contribution in [3.05, 3.63) is 0 Å². The molecule has 0 heterocycles. The molecule has 0 aromatic carbocycles. The topological polar surface area (TPSA) is 81.8 Å². The smallest absolute Gasteiger partial charge is 0.222 e. The Labute approximate surface area is 85.7 Å². The fourth-order valence-corrected chi connectivity index (χ4v) is 0.789. The lowest BCUT2D eigenvalue weighted by Crippen LogP contribution is -2.02. The predicted molar refractivity (Wildman–Crippen MR) is 55.7 cm³/mol. The van der Waals surface area contributed by atoms with Gasteiger partial charge >= 0.3 is 0 Å². The lowest BCUT2D eigenvalue weighted by molar-refractivity contribution is 0.389. The first kappa shape index (κ1) is 18.5. The molecule has 14 heavy (non-hydrogen) atoms. The minimum absolute atomic E-state index is 0.750. The number of nitrogens with one attached hydrogen (secondary N) is 2. The first-order valence-electron chi connectivity index (χ1n) is 4.59. The third-order valence-corrected chi connectivity index (χ3v) is 1.88. The zero-order chi connectivity index (χ0) is 12.0. The van der Waals surface area contributed by atoms with E-state index in [0.717, 1.165) is 24.0 Å². The maximum Gasteiger partial charge on any atom is 0.231 e. The van der Waals surface area contributed by atoms with Crippen LogP contribution >= 0.6 is 0 Å². The Kier molecular flexibility index (Phi) is 23.5. The second-order valence-corrected chi connectivity index (χ2v) is 3.21. The third-order valence-electron chi connectivity index (χ3n) is 1.88. The van der Waals surface area contributed by atoms with Gasteiger partial charge in [0, 0.05) is 0 Å². The first-order chi connectivity index (χ1) is 6.51. The summed E-state index contributed by atoms with van der Waals surface area (Å²) in [6.07, 6.45) is 4.22. The Morgan fingerprint density at radius 3 is 1.43 bits per heavy atom. The lowest BCUT2D eigenvalue weighted by atomic mass is 9.94. The molecule has 0 spiro atoms. The molecule has 0 aliphatic carbocycles. The molecule has 1 unspecified atom stereocenters. The predicted octanol–water partition coefficient (Wildman–Crippen LogP) is 2.88. The third kappa shape index (κ3) is 30.9. The SMILES string of the molecule is CCCC(C)C(C)C.N=C=O.N=C=O. The average molecular weight is 200 g/mol. The summed E-state index contributed by atoms with van der Waals surface area (Å²) in [5, 5.41) is 10.8. The van der Waals surface area contributed by atoms with Gasteiger partial charge in [-0.25, -0.2) is 20.4 Å². The second kappa shape index (κ2) is 17.7.